The minimum atomic E-state index is -3.05. The molecule has 15 heavy (non-hydrogen) atoms. The van der Waals surface area contributed by atoms with Crippen LogP contribution in [0.2, 0.25) is 0 Å². The van der Waals surface area contributed by atoms with Crippen molar-refractivity contribution in [3.8, 4) is 0 Å². The molecule has 84 valence electrons. The number of anilines is 1. The number of thiol groups is 1. The molecule has 1 heterocycles. The molecule has 0 aliphatic rings. The van der Waals surface area contributed by atoms with Crippen molar-refractivity contribution in [1.29, 1.82) is 0 Å². The van der Waals surface area contributed by atoms with Gasteiger partial charge in [-0.1, -0.05) is 0 Å². The number of aryl methyl sites for hydroxylation is 1. The smallest absolute Gasteiger partial charge is 0.348 e. The van der Waals surface area contributed by atoms with E-state index in [0.717, 1.165) is 21.3 Å². The van der Waals surface area contributed by atoms with Gasteiger partial charge in [0.25, 0.3) is 11.0 Å². The Morgan fingerprint density at radius 3 is 2.67 bits per heavy atom. The normalized spacial score (nSPS) is 10.6. The van der Waals surface area contributed by atoms with Crippen LogP contribution in [0.3, 0.4) is 0 Å². The summed E-state index contributed by atoms with van der Waals surface area (Å²) in [4.78, 5) is 11.6. The zero-order valence-electron chi connectivity index (χ0n) is 7.96. The topological polar surface area (TPSA) is 83.9 Å². The first-order valence-electron chi connectivity index (χ1n) is 3.81. The summed E-state index contributed by atoms with van der Waals surface area (Å²) in [5.41, 5.74) is 0.226. The molecule has 6 nitrogen and oxygen atoms in total. The second-order valence-electron chi connectivity index (χ2n) is 2.68. The van der Waals surface area contributed by atoms with Gasteiger partial charge in [0, 0.05) is 11.9 Å². The van der Waals surface area contributed by atoms with Gasteiger partial charge in [-0.05, 0) is 13.0 Å². The molecule has 0 bridgehead atoms. The zero-order valence-corrected chi connectivity index (χ0v) is 9.67. The molecule has 8 heteroatoms. The van der Waals surface area contributed by atoms with E-state index in [1.165, 1.54) is 7.05 Å². The van der Waals surface area contributed by atoms with Gasteiger partial charge in [0.05, 0.1) is 5.69 Å². The van der Waals surface area contributed by atoms with Crippen molar-refractivity contribution in [3.63, 3.8) is 0 Å². The number of carboxylic acids is 1. The van der Waals surface area contributed by atoms with E-state index in [1.807, 2.05) is 0 Å². The van der Waals surface area contributed by atoms with Gasteiger partial charge in [-0.2, -0.15) is 4.28 Å². The molecule has 0 aliphatic heterocycles. The average molecular weight is 251 g/mol. The van der Waals surface area contributed by atoms with Crippen molar-refractivity contribution < 1.29 is 22.6 Å². The monoisotopic (exact) mass is 251 g/mol. The molecule has 0 aliphatic carbocycles. The van der Waals surface area contributed by atoms with Crippen molar-refractivity contribution in [3.05, 3.63) is 15.8 Å². The minimum absolute atomic E-state index is 0.0480. The highest BCUT2D eigenvalue weighted by Gasteiger charge is 2.18. The molecule has 0 amide bonds. The van der Waals surface area contributed by atoms with Crippen LogP contribution in [0.15, 0.2) is 6.07 Å². The lowest BCUT2D eigenvalue weighted by Crippen LogP contribution is -2.18. The summed E-state index contributed by atoms with van der Waals surface area (Å²) in [5.74, 6) is -1.11. The summed E-state index contributed by atoms with van der Waals surface area (Å²) >= 11 is 1.06. The fourth-order valence-corrected chi connectivity index (χ4v) is 2.19. The van der Waals surface area contributed by atoms with E-state index in [-0.39, 0.29) is 10.6 Å². The second-order valence-corrected chi connectivity index (χ2v) is 4.55. The average Bonchev–Trinajstić information content (AvgIpc) is 2.46. The molecule has 0 atom stereocenters. The Balaban J connectivity index is 3.06. The summed E-state index contributed by atoms with van der Waals surface area (Å²) in [6.07, 6.45) is 0. The standard InChI is InChI=1S/C7H9NO5S2/c1-4-3-5(6(14-4)7(9)10)8(2)13-15(11)12/h3,15H,1-2H3,(H,9,10). The molecule has 0 saturated heterocycles. The van der Waals surface area contributed by atoms with Crippen molar-refractivity contribution in [1.82, 2.24) is 0 Å². The molecule has 0 fully saturated rings. The van der Waals surface area contributed by atoms with Crippen molar-refractivity contribution in [2.75, 3.05) is 12.1 Å². The van der Waals surface area contributed by atoms with E-state index >= 15 is 0 Å². The molecule has 1 N–H and O–H groups in total. The lowest BCUT2D eigenvalue weighted by molar-refractivity contribution is 0.0701. The fourth-order valence-electron chi connectivity index (χ4n) is 1.03. The third-order valence-electron chi connectivity index (χ3n) is 1.56. The van der Waals surface area contributed by atoms with Crippen LogP contribution in [0.5, 0.6) is 0 Å². The third kappa shape index (κ3) is 2.91. The summed E-state index contributed by atoms with van der Waals surface area (Å²) < 4.78 is 25.0. The molecule has 1 aromatic rings. The summed E-state index contributed by atoms with van der Waals surface area (Å²) in [5, 5.41) is 9.75. The van der Waals surface area contributed by atoms with Gasteiger partial charge in [-0.15, -0.1) is 11.3 Å². The number of hydroxylamine groups is 1. The van der Waals surface area contributed by atoms with Gasteiger partial charge in [0.2, 0.25) is 0 Å². The number of carbonyl (C=O) groups is 1. The van der Waals surface area contributed by atoms with Gasteiger partial charge < -0.3 is 5.11 Å². The van der Waals surface area contributed by atoms with Crippen LogP contribution in [0.4, 0.5) is 5.69 Å². The maximum absolute atomic E-state index is 10.8. The molecule has 0 aromatic carbocycles. The Labute approximate surface area is 91.8 Å². The number of carboxylic acid groups (broad SMARTS) is 1. The summed E-state index contributed by atoms with van der Waals surface area (Å²) in [7, 11) is -1.72. The highest BCUT2D eigenvalue weighted by molar-refractivity contribution is 7.67. The Bertz CT molecular complexity index is 442. The highest BCUT2D eigenvalue weighted by Crippen LogP contribution is 2.29. The number of aromatic carboxylic acids is 1. The largest absolute Gasteiger partial charge is 0.477 e. The summed E-state index contributed by atoms with van der Waals surface area (Å²) in [6.45, 7) is 1.73. The summed E-state index contributed by atoms with van der Waals surface area (Å²) in [6, 6.07) is 1.55. The van der Waals surface area contributed by atoms with Gasteiger partial charge in [-0.25, -0.2) is 18.3 Å². The highest BCUT2D eigenvalue weighted by atomic mass is 32.2. The lowest BCUT2D eigenvalue weighted by Gasteiger charge is -2.12. The quantitative estimate of drug-likeness (QED) is 0.604. The lowest BCUT2D eigenvalue weighted by atomic mass is 10.3. The molecule has 0 unspecified atom stereocenters. The SMILES string of the molecule is Cc1cc(N(C)O[SH](=O)=O)c(C(=O)O)s1. The van der Waals surface area contributed by atoms with E-state index in [9.17, 15) is 13.2 Å². The molecular formula is C7H9NO5S2. The molecule has 0 saturated carbocycles. The number of nitrogens with zero attached hydrogens (tertiary/aromatic N) is 1. The first-order chi connectivity index (χ1) is 6.91. The maximum Gasteiger partial charge on any atom is 0.348 e. The van der Waals surface area contributed by atoms with E-state index in [2.05, 4.69) is 4.28 Å². The van der Waals surface area contributed by atoms with E-state index < -0.39 is 17.0 Å². The number of thiophene rings is 1. The van der Waals surface area contributed by atoms with Crippen LogP contribution in [-0.2, 0) is 15.3 Å². The maximum atomic E-state index is 10.8. The Morgan fingerprint density at radius 1 is 1.60 bits per heavy atom. The van der Waals surface area contributed by atoms with Crippen molar-refractivity contribution >= 4 is 34.0 Å². The first kappa shape index (κ1) is 12.0. The number of rotatable bonds is 4. The van der Waals surface area contributed by atoms with Crippen molar-refractivity contribution in [2.45, 2.75) is 6.92 Å². The van der Waals surface area contributed by atoms with E-state index in [4.69, 9.17) is 5.11 Å². The number of hydrogen-bond donors (Lipinski definition) is 2. The predicted octanol–water partition coefficient (Wildman–Crippen LogP) is 0.649. The van der Waals surface area contributed by atoms with Gasteiger partial charge in [0.1, 0.15) is 4.88 Å². The van der Waals surface area contributed by atoms with Crippen LogP contribution < -0.4 is 5.06 Å². The van der Waals surface area contributed by atoms with Crippen LogP contribution in [-0.4, -0.2) is 26.5 Å². The van der Waals surface area contributed by atoms with Crippen LogP contribution in [0.25, 0.3) is 0 Å². The first-order valence-corrected chi connectivity index (χ1v) is 5.73. The second kappa shape index (κ2) is 4.60. The fraction of sp³-hybridized carbons (Fsp3) is 0.286. The van der Waals surface area contributed by atoms with Crippen molar-refractivity contribution in [2.24, 2.45) is 0 Å². The predicted molar refractivity (Wildman–Crippen MR) is 55.8 cm³/mol. The van der Waals surface area contributed by atoms with Crippen LogP contribution >= 0.6 is 11.3 Å². The minimum Gasteiger partial charge on any atom is -0.477 e. The Hall–Kier alpha value is -1.12. The van der Waals surface area contributed by atoms with E-state index in [1.54, 1.807) is 13.0 Å². The number of hydrogen-bond acceptors (Lipinski definition) is 6. The van der Waals surface area contributed by atoms with Crippen LogP contribution in [0.1, 0.15) is 14.5 Å². The van der Waals surface area contributed by atoms with Gasteiger partial charge in [0.15, 0.2) is 0 Å². The van der Waals surface area contributed by atoms with E-state index in [0.29, 0.717) is 0 Å². The molecular weight excluding hydrogens is 242 g/mol. The Morgan fingerprint density at radius 2 is 2.20 bits per heavy atom. The third-order valence-corrected chi connectivity index (χ3v) is 2.96. The molecule has 1 rings (SSSR count). The molecule has 0 radical (unpaired) electrons. The van der Waals surface area contributed by atoms with Gasteiger partial charge >= 0.3 is 5.97 Å². The Kier molecular flexibility index (Phi) is 3.66. The van der Waals surface area contributed by atoms with Gasteiger partial charge in [-0.3, -0.25) is 0 Å². The van der Waals surface area contributed by atoms with Crippen LogP contribution in [0, 0.1) is 6.92 Å². The molecule has 0 spiro atoms. The zero-order chi connectivity index (χ0) is 11.6. The molecule has 1 aromatic heterocycles.